The van der Waals surface area contributed by atoms with Crippen LogP contribution < -0.4 is 0 Å². The molecule has 1 aliphatic carbocycles. The SMILES string of the molecule is CC(O)c1ncc2n1C(C)Cc1c-2noc1C1CC1. The van der Waals surface area contributed by atoms with Gasteiger partial charge in [-0.3, -0.25) is 0 Å². The summed E-state index contributed by atoms with van der Waals surface area (Å²) in [5.41, 5.74) is 3.14. The second-order valence-electron chi connectivity index (χ2n) is 5.75. The first-order valence-electron chi connectivity index (χ1n) is 6.90. The number of aliphatic hydroxyl groups excluding tert-OH is 1. The van der Waals surface area contributed by atoms with Gasteiger partial charge < -0.3 is 14.2 Å². The molecule has 0 radical (unpaired) electrons. The predicted octanol–water partition coefficient (Wildman–Crippen LogP) is 2.59. The van der Waals surface area contributed by atoms with Crippen molar-refractivity contribution < 1.29 is 9.63 Å². The normalized spacial score (nSPS) is 23.0. The molecule has 0 spiro atoms. The molecule has 2 atom stereocenters. The zero-order valence-electron chi connectivity index (χ0n) is 11.1. The number of aliphatic hydroxyl groups is 1. The van der Waals surface area contributed by atoms with Crippen LogP contribution in [0.1, 0.15) is 61.9 Å². The van der Waals surface area contributed by atoms with Gasteiger partial charge in [-0.05, 0) is 33.1 Å². The lowest BCUT2D eigenvalue weighted by molar-refractivity contribution is 0.181. The summed E-state index contributed by atoms with van der Waals surface area (Å²) in [6, 6.07) is 0.284. The Kier molecular flexibility index (Phi) is 2.18. The summed E-state index contributed by atoms with van der Waals surface area (Å²) in [6.45, 7) is 3.90. The Balaban J connectivity index is 1.89. The lowest BCUT2D eigenvalue weighted by Gasteiger charge is -2.24. The molecule has 100 valence electrons. The van der Waals surface area contributed by atoms with Crippen LogP contribution in [0.2, 0.25) is 0 Å². The zero-order chi connectivity index (χ0) is 13.1. The highest BCUT2D eigenvalue weighted by molar-refractivity contribution is 5.62. The van der Waals surface area contributed by atoms with Crippen LogP contribution in [0.15, 0.2) is 10.7 Å². The van der Waals surface area contributed by atoms with Gasteiger partial charge in [0.15, 0.2) is 0 Å². The fourth-order valence-electron chi connectivity index (χ4n) is 3.10. The van der Waals surface area contributed by atoms with E-state index in [-0.39, 0.29) is 6.04 Å². The van der Waals surface area contributed by atoms with Crippen molar-refractivity contribution in [1.29, 1.82) is 0 Å². The van der Waals surface area contributed by atoms with Gasteiger partial charge in [-0.25, -0.2) is 4.98 Å². The van der Waals surface area contributed by atoms with E-state index in [9.17, 15) is 5.11 Å². The van der Waals surface area contributed by atoms with Gasteiger partial charge in [-0.2, -0.15) is 0 Å². The Morgan fingerprint density at radius 1 is 1.47 bits per heavy atom. The van der Waals surface area contributed by atoms with E-state index in [0.717, 1.165) is 23.6 Å². The van der Waals surface area contributed by atoms with Gasteiger partial charge in [0, 0.05) is 17.5 Å². The summed E-state index contributed by atoms with van der Waals surface area (Å²) in [6.07, 6.45) is 4.58. The van der Waals surface area contributed by atoms with Crippen molar-refractivity contribution in [3.8, 4) is 11.4 Å². The molecule has 3 heterocycles. The van der Waals surface area contributed by atoms with Crippen LogP contribution in [-0.4, -0.2) is 19.8 Å². The number of imidazole rings is 1. The van der Waals surface area contributed by atoms with Gasteiger partial charge in [0.05, 0.1) is 11.9 Å². The van der Waals surface area contributed by atoms with Crippen LogP contribution in [-0.2, 0) is 6.42 Å². The number of hydrogen-bond donors (Lipinski definition) is 1. The van der Waals surface area contributed by atoms with Gasteiger partial charge in [0.25, 0.3) is 0 Å². The molecule has 1 N–H and O–H groups in total. The summed E-state index contributed by atoms with van der Waals surface area (Å²) in [4.78, 5) is 4.35. The van der Waals surface area contributed by atoms with E-state index in [1.807, 2.05) is 0 Å². The fourth-order valence-corrected chi connectivity index (χ4v) is 3.10. The van der Waals surface area contributed by atoms with Gasteiger partial charge in [0.1, 0.15) is 23.4 Å². The minimum atomic E-state index is -0.562. The van der Waals surface area contributed by atoms with Gasteiger partial charge in [-0.1, -0.05) is 5.16 Å². The van der Waals surface area contributed by atoms with Crippen LogP contribution in [0.3, 0.4) is 0 Å². The van der Waals surface area contributed by atoms with Crippen LogP contribution in [0, 0.1) is 0 Å². The first-order valence-corrected chi connectivity index (χ1v) is 6.90. The molecular formula is C14H17N3O2. The first kappa shape index (κ1) is 11.2. The van der Waals surface area contributed by atoms with Crippen LogP contribution >= 0.6 is 0 Å². The molecule has 19 heavy (non-hydrogen) atoms. The van der Waals surface area contributed by atoms with Crippen molar-refractivity contribution in [3.05, 3.63) is 23.3 Å². The predicted molar refractivity (Wildman–Crippen MR) is 68.7 cm³/mol. The minimum absolute atomic E-state index is 0.284. The summed E-state index contributed by atoms with van der Waals surface area (Å²) in [7, 11) is 0. The molecule has 5 heteroatoms. The van der Waals surface area contributed by atoms with E-state index in [1.54, 1.807) is 13.1 Å². The number of rotatable bonds is 2. The maximum absolute atomic E-state index is 9.81. The van der Waals surface area contributed by atoms with E-state index in [1.165, 1.54) is 18.4 Å². The number of aromatic nitrogens is 3. The molecule has 1 fully saturated rings. The molecule has 2 unspecified atom stereocenters. The molecule has 2 aliphatic rings. The molecule has 0 aromatic carbocycles. The highest BCUT2D eigenvalue weighted by Gasteiger charge is 2.37. The summed E-state index contributed by atoms with van der Waals surface area (Å²) in [5.74, 6) is 2.37. The third-order valence-electron chi connectivity index (χ3n) is 4.15. The highest BCUT2D eigenvalue weighted by Crippen LogP contribution is 2.47. The molecule has 2 aromatic rings. The standard InChI is InChI=1S/C14H17N3O2/c1-7-5-10-12(16-19-13(10)9-3-4-9)11-6-15-14(8(2)18)17(7)11/h6-9,18H,3-5H2,1-2H3. The van der Waals surface area contributed by atoms with Crippen molar-refractivity contribution in [3.63, 3.8) is 0 Å². The molecule has 0 bridgehead atoms. The Bertz CT molecular complexity index is 637. The second-order valence-corrected chi connectivity index (χ2v) is 5.75. The van der Waals surface area contributed by atoms with Gasteiger partial charge in [-0.15, -0.1) is 0 Å². The van der Waals surface area contributed by atoms with E-state index in [2.05, 4.69) is 21.6 Å². The van der Waals surface area contributed by atoms with Crippen LogP contribution in [0.5, 0.6) is 0 Å². The minimum Gasteiger partial charge on any atom is -0.385 e. The maximum atomic E-state index is 9.81. The third kappa shape index (κ3) is 1.51. The zero-order valence-corrected chi connectivity index (χ0v) is 11.1. The monoisotopic (exact) mass is 259 g/mol. The third-order valence-corrected chi connectivity index (χ3v) is 4.15. The number of hydrogen-bond acceptors (Lipinski definition) is 4. The average molecular weight is 259 g/mol. The average Bonchev–Trinajstić information content (AvgIpc) is 2.96. The Labute approximate surface area is 111 Å². The molecular weight excluding hydrogens is 242 g/mol. The summed E-state index contributed by atoms with van der Waals surface area (Å²) >= 11 is 0. The molecule has 1 aliphatic heterocycles. The molecule has 2 aromatic heterocycles. The highest BCUT2D eigenvalue weighted by atomic mass is 16.5. The Hall–Kier alpha value is -1.62. The van der Waals surface area contributed by atoms with Crippen molar-refractivity contribution >= 4 is 0 Å². The Morgan fingerprint density at radius 2 is 2.26 bits per heavy atom. The van der Waals surface area contributed by atoms with E-state index >= 15 is 0 Å². The maximum Gasteiger partial charge on any atom is 0.143 e. The van der Waals surface area contributed by atoms with Crippen molar-refractivity contribution in [2.24, 2.45) is 0 Å². The lowest BCUT2D eigenvalue weighted by Crippen LogP contribution is -2.19. The second kappa shape index (κ2) is 3.70. The Morgan fingerprint density at radius 3 is 2.95 bits per heavy atom. The summed E-state index contributed by atoms with van der Waals surface area (Å²) in [5, 5.41) is 14.1. The summed E-state index contributed by atoms with van der Waals surface area (Å²) < 4.78 is 7.65. The first-order chi connectivity index (χ1) is 9.16. The topological polar surface area (TPSA) is 64.1 Å². The fraction of sp³-hybridized carbons (Fsp3) is 0.571. The van der Waals surface area contributed by atoms with Crippen LogP contribution in [0.25, 0.3) is 11.4 Å². The molecule has 4 rings (SSSR count). The van der Waals surface area contributed by atoms with Gasteiger partial charge >= 0.3 is 0 Å². The van der Waals surface area contributed by atoms with Crippen molar-refractivity contribution in [2.75, 3.05) is 0 Å². The number of fused-ring (bicyclic) bond motifs is 3. The van der Waals surface area contributed by atoms with E-state index < -0.39 is 6.10 Å². The van der Waals surface area contributed by atoms with Crippen molar-refractivity contribution in [1.82, 2.24) is 14.7 Å². The van der Waals surface area contributed by atoms with Gasteiger partial charge in [0.2, 0.25) is 0 Å². The van der Waals surface area contributed by atoms with Crippen molar-refractivity contribution in [2.45, 2.75) is 51.2 Å². The largest absolute Gasteiger partial charge is 0.385 e. The molecule has 0 amide bonds. The number of nitrogens with zero attached hydrogens (tertiary/aromatic N) is 3. The lowest BCUT2D eigenvalue weighted by atomic mass is 9.97. The smallest absolute Gasteiger partial charge is 0.143 e. The molecule has 5 nitrogen and oxygen atoms in total. The van der Waals surface area contributed by atoms with Crippen LogP contribution in [0.4, 0.5) is 0 Å². The molecule has 0 saturated heterocycles. The molecule has 1 saturated carbocycles. The quantitative estimate of drug-likeness (QED) is 0.900. The van der Waals surface area contributed by atoms with E-state index in [0.29, 0.717) is 11.7 Å². The van der Waals surface area contributed by atoms with E-state index in [4.69, 9.17) is 4.52 Å².